The van der Waals surface area contributed by atoms with Crippen LogP contribution in [0.25, 0.3) is 0 Å². The standard InChI is InChI=1S/C14H16F2N2O2/c1-3-4-18-13(19)7-12(14(18)20)17-11-6-9(15)8(2)5-10(11)16/h5-6,12,17H,3-4,7H2,1-2H3. The van der Waals surface area contributed by atoms with Gasteiger partial charge in [-0.2, -0.15) is 0 Å². The molecule has 0 aromatic heterocycles. The van der Waals surface area contributed by atoms with Crippen LogP contribution in [0.5, 0.6) is 0 Å². The summed E-state index contributed by atoms with van der Waals surface area (Å²) in [5.74, 6) is -1.88. The first-order chi connectivity index (χ1) is 9.43. The third-order valence-corrected chi connectivity index (χ3v) is 3.27. The molecule has 1 aromatic carbocycles. The van der Waals surface area contributed by atoms with Crippen molar-refractivity contribution in [1.82, 2.24) is 4.90 Å². The van der Waals surface area contributed by atoms with E-state index in [1.54, 1.807) is 0 Å². The highest BCUT2D eigenvalue weighted by Crippen LogP contribution is 2.23. The Morgan fingerprint density at radius 3 is 2.65 bits per heavy atom. The maximum absolute atomic E-state index is 13.7. The van der Waals surface area contributed by atoms with Gasteiger partial charge in [0.1, 0.15) is 17.7 Å². The van der Waals surface area contributed by atoms with Crippen LogP contribution in [-0.2, 0) is 9.59 Å². The lowest BCUT2D eigenvalue weighted by Gasteiger charge is -2.15. The molecule has 1 aliphatic rings. The van der Waals surface area contributed by atoms with E-state index in [9.17, 15) is 18.4 Å². The van der Waals surface area contributed by atoms with Crippen molar-refractivity contribution in [3.8, 4) is 0 Å². The Labute approximate surface area is 115 Å². The minimum atomic E-state index is -0.828. The van der Waals surface area contributed by atoms with Gasteiger partial charge in [0, 0.05) is 12.6 Å². The van der Waals surface area contributed by atoms with Gasteiger partial charge in [-0.25, -0.2) is 8.78 Å². The number of imide groups is 1. The molecule has 4 nitrogen and oxygen atoms in total. The molecule has 0 bridgehead atoms. The van der Waals surface area contributed by atoms with Gasteiger partial charge in [-0.15, -0.1) is 0 Å². The average molecular weight is 282 g/mol. The Morgan fingerprint density at radius 1 is 1.30 bits per heavy atom. The van der Waals surface area contributed by atoms with E-state index in [1.165, 1.54) is 6.92 Å². The molecule has 1 fully saturated rings. The zero-order valence-corrected chi connectivity index (χ0v) is 11.4. The predicted molar refractivity (Wildman–Crippen MR) is 70.1 cm³/mol. The van der Waals surface area contributed by atoms with Gasteiger partial charge < -0.3 is 5.32 Å². The maximum atomic E-state index is 13.7. The Morgan fingerprint density at radius 2 is 2.00 bits per heavy atom. The van der Waals surface area contributed by atoms with Crippen LogP contribution in [-0.4, -0.2) is 29.3 Å². The van der Waals surface area contributed by atoms with E-state index in [-0.39, 0.29) is 23.6 Å². The molecule has 0 radical (unpaired) electrons. The molecule has 1 atom stereocenters. The Balaban J connectivity index is 2.17. The summed E-state index contributed by atoms with van der Waals surface area (Å²) < 4.78 is 27.1. The average Bonchev–Trinajstić information content (AvgIpc) is 2.64. The number of aryl methyl sites for hydroxylation is 1. The highest BCUT2D eigenvalue weighted by atomic mass is 19.1. The Bertz CT molecular complexity index is 560. The van der Waals surface area contributed by atoms with Gasteiger partial charge in [0.15, 0.2) is 0 Å². The van der Waals surface area contributed by atoms with Crippen LogP contribution in [0.1, 0.15) is 25.3 Å². The van der Waals surface area contributed by atoms with Crippen LogP contribution in [0.4, 0.5) is 14.5 Å². The van der Waals surface area contributed by atoms with Gasteiger partial charge in [-0.1, -0.05) is 6.92 Å². The van der Waals surface area contributed by atoms with Crippen molar-refractivity contribution < 1.29 is 18.4 Å². The topological polar surface area (TPSA) is 49.4 Å². The number of nitrogens with zero attached hydrogens (tertiary/aromatic N) is 1. The summed E-state index contributed by atoms with van der Waals surface area (Å²) in [7, 11) is 0. The third kappa shape index (κ3) is 2.64. The van der Waals surface area contributed by atoms with E-state index in [0.717, 1.165) is 17.0 Å². The second-order valence-corrected chi connectivity index (χ2v) is 4.87. The number of hydrogen-bond donors (Lipinski definition) is 1. The summed E-state index contributed by atoms with van der Waals surface area (Å²) in [6.45, 7) is 3.66. The Kier molecular flexibility index (Phi) is 4.01. The molecule has 0 aliphatic carbocycles. The van der Waals surface area contributed by atoms with Crippen LogP contribution in [0.2, 0.25) is 0 Å². The molecule has 20 heavy (non-hydrogen) atoms. The number of nitrogens with one attached hydrogen (secondary N) is 1. The smallest absolute Gasteiger partial charge is 0.252 e. The van der Waals surface area contributed by atoms with Crippen molar-refractivity contribution in [2.75, 3.05) is 11.9 Å². The number of halogens is 2. The molecule has 1 heterocycles. The molecule has 1 saturated heterocycles. The summed E-state index contributed by atoms with van der Waals surface area (Å²) in [5.41, 5.74) is 0.0899. The van der Waals surface area contributed by atoms with E-state index < -0.39 is 23.6 Å². The zero-order chi connectivity index (χ0) is 14.9. The first-order valence-corrected chi connectivity index (χ1v) is 6.50. The monoisotopic (exact) mass is 282 g/mol. The third-order valence-electron chi connectivity index (χ3n) is 3.27. The number of amides is 2. The molecule has 1 aromatic rings. The molecule has 0 spiro atoms. The van der Waals surface area contributed by atoms with Crippen molar-refractivity contribution in [2.24, 2.45) is 0 Å². The molecule has 0 saturated carbocycles. The minimum absolute atomic E-state index is 0.0340. The summed E-state index contributed by atoms with van der Waals surface area (Å²) >= 11 is 0. The molecule has 2 rings (SSSR count). The van der Waals surface area contributed by atoms with E-state index in [4.69, 9.17) is 0 Å². The second-order valence-electron chi connectivity index (χ2n) is 4.87. The van der Waals surface area contributed by atoms with Crippen molar-refractivity contribution >= 4 is 17.5 Å². The lowest BCUT2D eigenvalue weighted by molar-refractivity contribution is -0.138. The Hall–Kier alpha value is -1.98. The molecular weight excluding hydrogens is 266 g/mol. The predicted octanol–water partition coefficient (Wildman–Crippen LogP) is 2.22. The summed E-state index contributed by atoms with van der Waals surface area (Å²) in [4.78, 5) is 24.8. The number of likely N-dealkylation sites (tertiary alicyclic amines) is 1. The number of anilines is 1. The lowest BCUT2D eigenvalue weighted by atomic mass is 10.1. The van der Waals surface area contributed by atoms with Crippen LogP contribution < -0.4 is 5.32 Å². The van der Waals surface area contributed by atoms with Crippen LogP contribution >= 0.6 is 0 Å². The molecule has 108 valence electrons. The fraction of sp³-hybridized carbons (Fsp3) is 0.429. The second kappa shape index (κ2) is 5.56. The van der Waals surface area contributed by atoms with Gasteiger partial charge in [-0.05, 0) is 25.0 Å². The molecule has 1 aliphatic heterocycles. The maximum Gasteiger partial charge on any atom is 0.252 e. The molecule has 1 N–H and O–H groups in total. The van der Waals surface area contributed by atoms with Crippen molar-refractivity contribution in [3.05, 3.63) is 29.3 Å². The highest BCUT2D eigenvalue weighted by Gasteiger charge is 2.38. The molecule has 1 unspecified atom stereocenters. The van der Waals surface area contributed by atoms with Crippen molar-refractivity contribution in [3.63, 3.8) is 0 Å². The highest BCUT2D eigenvalue weighted by molar-refractivity contribution is 6.06. The first-order valence-electron chi connectivity index (χ1n) is 6.50. The van der Waals surface area contributed by atoms with E-state index >= 15 is 0 Å². The molecule has 2 amide bonds. The van der Waals surface area contributed by atoms with Crippen molar-refractivity contribution in [1.29, 1.82) is 0 Å². The summed E-state index contributed by atoms with van der Waals surface area (Å²) in [5, 5.41) is 2.62. The molecule has 6 heteroatoms. The SMILES string of the molecule is CCCN1C(=O)CC(Nc2cc(F)c(C)cc2F)C1=O. The van der Waals surface area contributed by atoms with E-state index in [1.807, 2.05) is 6.92 Å². The van der Waals surface area contributed by atoms with Gasteiger partial charge in [0.05, 0.1) is 12.1 Å². The van der Waals surface area contributed by atoms with Crippen LogP contribution in [0.15, 0.2) is 12.1 Å². The quantitative estimate of drug-likeness (QED) is 0.861. The van der Waals surface area contributed by atoms with Gasteiger partial charge in [-0.3, -0.25) is 14.5 Å². The number of hydrogen-bond acceptors (Lipinski definition) is 3. The fourth-order valence-electron chi connectivity index (χ4n) is 2.20. The minimum Gasteiger partial charge on any atom is -0.371 e. The summed E-state index contributed by atoms with van der Waals surface area (Å²) in [6, 6.07) is 1.24. The van der Waals surface area contributed by atoms with Gasteiger partial charge in [0.2, 0.25) is 5.91 Å². The number of carbonyl (C=O) groups is 2. The van der Waals surface area contributed by atoms with E-state index in [2.05, 4.69) is 5.32 Å². The van der Waals surface area contributed by atoms with E-state index in [0.29, 0.717) is 13.0 Å². The largest absolute Gasteiger partial charge is 0.371 e. The number of rotatable bonds is 4. The van der Waals surface area contributed by atoms with Gasteiger partial charge >= 0.3 is 0 Å². The van der Waals surface area contributed by atoms with Gasteiger partial charge in [0.25, 0.3) is 5.91 Å². The number of benzene rings is 1. The fourth-order valence-corrected chi connectivity index (χ4v) is 2.20. The van der Waals surface area contributed by atoms with Crippen molar-refractivity contribution in [2.45, 2.75) is 32.7 Å². The molecular formula is C14H16F2N2O2. The lowest BCUT2D eigenvalue weighted by Crippen LogP contribution is -2.35. The first kappa shape index (κ1) is 14.4. The van der Waals surface area contributed by atoms with Crippen LogP contribution in [0, 0.1) is 18.6 Å². The zero-order valence-electron chi connectivity index (χ0n) is 11.4. The van der Waals surface area contributed by atoms with Crippen LogP contribution in [0.3, 0.4) is 0 Å². The number of carbonyl (C=O) groups excluding carboxylic acids is 2. The summed E-state index contributed by atoms with van der Waals surface area (Å²) in [6.07, 6.45) is 0.630. The normalized spacial score (nSPS) is 18.8.